The molecule has 0 amide bonds. The van der Waals surface area contributed by atoms with E-state index >= 15 is 0 Å². The molecule has 33 heavy (non-hydrogen) atoms. The molecule has 0 saturated carbocycles. The predicted molar refractivity (Wildman–Crippen MR) is 125 cm³/mol. The number of unbranched alkanes of at least 4 members (excludes halogenated alkanes) is 1. The summed E-state index contributed by atoms with van der Waals surface area (Å²) in [5.74, 6) is 5.50. The molecule has 0 aliphatic carbocycles. The van der Waals surface area contributed by atoms with Crippen LogP contribution >= 0.6 is 0 Å². The standard InChI is InChI=1S/C27H24N2O4/c1-3-32-27(31)21-12-14-23(15-13-21)29-18-22(17-28)25(19-29)24-10-6-7-11-26(24)33-16-8-4-5-9-20(2)30/h6-7,10-15,18-19H,3-4,8,16H2,1-2H3. The van der Waals surface area contributed by atoms with Crippen molar-refractivity contribution in [1.82, 2.24) is 4.57 Å². The van der Waals surface area contributed by atoms with Gasteiger partial charge in [0.15, 0.2) is 0 Å². The average Bonchev–Trinajstić information content (AvgIpc) is 3.26. The molecule has 6 nitrogen and oxygen atoms in total. The third-order valence-corrected chi connectivity index (χ3v) is 4.77. The number of esters is 1. The summed E-state index contributed by atoms with van der Waals surface area (Å²) in [7, 11) is 0. The van der Waals surface area contributed by atoms with Crippen LogP contribution in [-0.2, 0) is 9.53 Å². The molecule has 0 N–H and O–H groups in total. The number of para-hydroxylation sites is 1. The van der Waals surface area contributed by atoms with Crippen LogP contribution in [0.3, 0.4) is 0 Å². The van der Waals surface area contributed by atoms with Gasteiger partial charge >= 0.3 is 5.97 Å². The molecule has 6 heteroatoms. The Balaban J connectivity index is 1.81. The molecule has 0 saturated heterocycles. The number of hydrogen-bond donors (Lipinski definition) is 0. The highest BCUT2D eigenvalue weighted by Gasteiger charge is 2.15. The van der Waals surface area contributed by atoms with Gasteiger partial charge in [-0.05, 0) is 49.6 Å². The molecule has 0 aliphatic heterocycles. The Kier molecular flexibility index (Phi) is 8.05. The molecule has 0 atom stereocenters. The van der Waals surface area contributed by atoms with E-state index in [-0.39, 0.29) is 11.8 Å². The van der Waals surface area contributed by atoms with Gasteiger partial charge in [-0.15, -0.1) is 0 Å². The molecule has 0 bridgehead atoms. The van der Waals surface area contributed by atoms with E-state index in [0.29, 0.717) is 42.9 Å². The lowest BCUT2D eigenvalue weighted by Crippen LogP contribution is -2.04. The molecular weight excluding hydrogens is 416 g/mol. The minimum Gasteiger partial charge on any atom is -0.493 e. The summed E-state index contributed by atoms with van der Waals surface area (Å²) < 4.78 is 12.8. The number of carbonyl (C=O) groups is 2. The van der Waals surface area contributed by atoms with Gasteiger partial charge < -0.3 is 14.0 Å². The van der Waals surface area contributed by atoms with E-state index in [2.05, 4.69) is 17.9 Å². The zero-order chi connectivity index (χ0) is 23.6. The number of Topliss-reactive ketones (excluding diaryl/α,β-unsaturated/α-hetero) is 1. The fraction of sp³-hybridized carbons (Fsp3) is 0.222. The van der Waals surface area contributed by atoms with Crippen molar-refractivity contribution >= 4 is 11.8 Å². The van der Waals surface area contributed by atoms with E-state index in [9.17, 15) is 14.9 Å². The second-order valence-corrected chi connectivity index (χ2v) is 7.18. The number of rotatable bonds is 8. The van der Waals surface area contributed by atoms with E-state index in [0.717, 1.165) is 16.8 Å². The lowest BCUT2D eigenvalue weighted by molar-refractivity contribution is -0.111. The molecule has 0 spiro atoms. The van der Waals surface area contributed by atoms with Crippen LogP contribution in [0.1, 0.15) is 42.6 Å². The van der Waals surface area contributed by atoms with Crippen LogP contribution in [-0.4, -0.2) is 29.5 Å². The first-order chi connectivity index (χ1) is 16.0. The number of ether oxygens (including phenoxy) is 2. The fourth-order valence-electron chi connectivity index (χ4n) is 3.24. The highest BCUT2D eigenvalue weighted by molar-refractivity contribution is 5.93. The Morgan fingerprint density at radius 3 is 2.48 bits per heavy atom. The van der Waals surface area contributed by atoms with Crippen LogP contribution in [0.15, 0.2) is 60.9 Å². The second kappa shape index (κ2) is 11.4. The Morgan fingerprint density at radius 2 is 1.79 bits per heavy atom. The van der Waals surface area contributed by atoms with Crippen LogP contribution in [0, 0.1) is 23.2 Å². The highest BCUT2D eigenvalue weighted by Crippen LogP contribution is 2.33. The van der Waals surface area contributed by atoms with E-state index in [1.807, 2.05) is 47.2 Å². The van der Waals surface area contributed by atoms with Gasteiger partial charge in [0.2, 0.25) is 5.78 Å². The third-order valence-electron chi connectivity index (χ3n) is 4.77. The number of ketones is 1. The summed E-state index contributed by atoms with van der Waals surface area (Å²) in [4.78, 5) is 22.8. The molecule has 3 rings (SSSR count). The first-order valence-corrected chi connectivity index (χ1v) is 10.6. The van der Waals surface area contributed by atoms with Crippen molar-refractivity contribution in [3.8, 4) is 40.5 Å². The maximum Gasteiger partial charge on any atom is 0.338 e. The van der Waals surface area contributed by atoms with Gasteiger partial charge in [0.05, 0.1) is 24.3 Å². The maximum atomic E-state index is 11.9. The number of benzene rings is 2. The van der Waals surface area contributed by atoms with E-state index < -0.39 is 0 Å². The molecule has 2 aromatic carbocycles. The van der Waals surface area contributed by atoms with Crippen LogP contribution in [0.5, 0.6) is 5.75 Å². The van der Waals surface area contributed by atoms with Gasteiger partial charge in [0.1, 0.15) is 11.8 Å². The normalized spacial score (nSPS) is 9.97. The van der Waals surface area contributed by atoms with Gasteiger partial charge in [0.25, 0.3) is 0 Å². The van der Waals surface area contributed by atoms with Gasteiger partial charge in [-0.2, -0.15) is 5.26 Å². The summed E-state index contributed by atoms with van der Waals surface area (Å²) in [5.41, 5.74) is 3.35. The third kappa shape index (κ3) is 6.12. The summed E-state index contributed by atoms with van der Waals surface area (Å²) in [6, 6.07) is 16.8. The lowest BCUT2D eigenvalue weighted by atomic mass is 10.0. The number of nitriles is 1. The molecule has 1 heterocycles. The fourth-order valence-corrected chi connectivity index (χ4v) is 3.24. The molecule has 0 unspecified atom stereocenters. The van der Waals surface area contributed by atoms with Crippen molar-refractivity contribution in [2.75, 3.05) is 13.2 Å². The van der Waals surface area contributed by atoms with Crippen molar-refractivity contribution in [3.05, 3.63) is 72.1 Å². The SMILES string of the molecule is CCOC(=O)c1ccc(-n2cc(C#N)c(-c3ccccc3OCCCC#CC(C)=O)c2)cc1. The van der Waals surface area contributed by atoms with Crippen molar-refractivity contribution < 1.29 is 19.1 Å². The Bertz CT molecular complexity index is 1240. The Hall–Kier alpha value is -4.29. The Morgan fingerprint density at radius 1 is 1.03 bits per heavy atom. The second-order valence-electron chi connectivity index (χ2n) is 7.18. The van der Waals surface area contributed by atoms with Gasteiger partial charge in [-0.1, -0.05) is 24.1 Å². The molecular formula is C27H24N2O4. The summed E-state index contributed by atoms with van der Waals surface area (Å²) >= 11 is 0. The predicted octanol–water partition coefficient (Wildman–Crippen LogP) is 4.94. The molecule has 0 aliphatic rings. The summed E-state index contributed by atoms with van der Waals surface area (Å²) in [6.45, 7) is 3.97. The zero-order valence-electron chi connectivity index (χ0n) is 18.6. The van der Waals surface area contributed by atoms with Crippen LogP contribution in [0.2, 0.25) is 0 Å². The largest absolute Gasteiger partial charge is 0.493 e. The van der Waals surface area contributed by atoms with Gasteiger partial charge in [0, 0.05) is 42.6 Å². The van der Waals surface area contributed by atoms with Crippen molar-refractivity contribution in [1.29, 1.82) is 5.26 Å². The van der Waals surface area contributed by atoms with Crippen LogP contribution in [0.4, 0.5) is 0 Å². The molecule has 0 fully saturated rings. The minimum absolute atomic E-state index is 0.148. The highest BCUT2D eigenvalue weighted by atomic mass is 16.5. The maximum absolute atomic E-state index is 11.9. The Labute approximate surface area is 193 Å². The van der Waals surface area contributed by atoms with Gasteiger partial charge in [-0.3, -0.25) is 4.79 Å². The summed E-state index contributed by atoms with van der Waals surface area (Å²) in [6.07, 6.45) is 4.89. The minimum atomic E-state index is -0.367. The van der Waals surface area contributed by atoms with Crippen molar-refractivity contribution in [2.45, 2.75) is 26.7 Å². The van der Waals surface area contributed by atoms with Crippen LogP contribution < -0.4 is 4.74 Å². The molecule has 3 aromatic rings. The lowest BCUT2D eigenvalue weighted by Gasteiger charge is -2.10. The average molecular weight is 440 g/mol. The van der Waals surface area contributed by atoms with E-state index in [4.69, 9.17) is 9.47 Å². The quantitative estimate of drug-likeness (QED) is 0.214. The van der Waals surface area contributed by atoms with Crippen molar-refractivity contribution in [3.63, 3.8) is 0 Å². The number of nitrogens with zero attached hydrogens (tertiary/aromatic N) is 2. The van der Waals surface area contributed by atoms with Crippen LogP contribution in [0.25, 0.3) is 16.8 Å². The van der Waals surface area contributed by atoms with E-state index in [1.165, 1.54) is 6.92 Å². The first-order valence-electron chi connectivity index (χ1n) is 10.6. The monoisotopic (exact) mass is 440 g/mol. The van der Waals surface area contributed by atoms with Gasteiger partial charge in [-0.25, -0.2) is 4.79 Å². The summed E-state index contributed by atoms with van der Waals surface area (Å²) in [5, 5.41) is 9.72. The first kappa shape index (κ1) is 23.4. The van der Waals surface area contributed by atoms with Crippen molar-refractivity contribution in [2.24, 2.45) is 0 Å². The zero-order valence-corrected chi connectivity index (χ0v) is 18.6. The number of carbonyl (C=O) groups excluding carboxylic acids is 2. The number of hydrogen-bond acceptors (Lipinski definition) is 5. The van der Waals surface area contributed by atoms with E-state index in [1.54, 1.807) is 25.3 Å². The molecule has 0 radical (unpaired) electrons. The molecule has 166 valence electrons. The molecule has 1 aromatic heterocycles. The smallest absolute Gasteiger partial charge is 0.338 e. The number of aromatic nitrogens is 1. The topological polar surface area (TPSA) is 81.3 Å².